The summed E-state index contributed by atoms with van der Waals surface area (Å²) < 4.78 is 0.944. The highest BCUT2D eigenvalue weighted by Crippen LogP contribution is 2.61. The van der Waals surface area contributed by atoms with Crippen LogP contribution in [0.4, 0.5) is 0 Å². The van der Waals surface area contributed by atoms with Crippen LogP contribution in [0.1, 0.15) is 36.8 Å². The number of nitrogens with zero attached hydrogens (tertiary/aromatic N) is 2. The number of fused-ring (bicyclic) bond motifs is 3. The van der Waals surface area contributed by atoms with E-state index in [1.165, 1.54) is 10.5 Å². The number of benzene rings is 1. The monoisotopic (exact) mass is 377 g/mol. The number of aliphatic hydroxyl groups excluding tert-OH is 1. The lowest BCUT2D eigenvalue weighted by Crippen LogP contribution is -2.51. The summed E-state index contributed by atoms with van der Waals surface area (Å²) in [7, 11) is 1.69. The lowest BCUT2D eigenvalue weighted by molar-refractivity contribution is -0.137. The Hall–Kier alpha value is -1.40. The first-order valence-corrected chi connectivity index (χ1v) is 8.79. The third kappa shape index (κ3) is 1.82. The zero-order valence-electron chi connectivity index (χ0n) is 13.1. The molecular weight excluding hydrogens is 358 g/mol. The number of likely N-dealkylation sites (N-methyl/N-ethyl adjacent to an activating group) is 1. The highest BCUT2D eigenvalue weighted by Gasteiger charge is 2.66. The molecule has 0 saturated heterocycles. The first-order chi connectivity index (χ1) is 10.9. The summed E-state index contributed by atoms with van der Waals surface area (Å²) >= 11 is 3.52. The normalized spacial score (nSPS) is 36.0. The van der Waals surface area contributed by atoms with E-state index in [0.29, 0.717) is 12.8 Å². The van der Waals surface area contributed by atoms with Crippen LogP contribution in [-0.2, 0) is 16.8 Å². The van der Waals surface area contributed by atoms with Gasteiger partial charge in [0, 0.05) is 16.9 Å². The van der Waals surface area contributed by atoms with Gasteiger partial charge >= 0.3 is 0 Å². The SMILES string of the molecule is CN1C(=O)C2(N=C1N)c1cc(Br)ccc1CC21CCC(O)CC1. The molecule has 0 bridgehead atoms. The van der Waals surface area contributed by atoms with E-state index < -0.39 is 5.54 Å². The number of hydrogen-bond donors (Lipinski definition) is 2. The second-order valence-corrected chi connectivity index (χ2v) is 7.95. The summed E-state index contributed by atoms with van der Waals surface area (Å²) in [5.74, 6) is 0.247. The Morgan fingerprint density at radius 1 is 1.39 bits per heavy atom. The Kier molecular flexibility index (Phi) is 3.16. The van der Waals surface area contributed by atoms with Gasteiger partial charge < -0.3 is 10.8 Å². The summed E-state index contributed by atoms with van der Waals surface area (Å²) in [5, 5.41) is 9.95. The molecule has 4 rings (SSSR count). The van der Waals surface area contributed by atoms with E-state index in [0.717, 1.165) is 29.3 Å². The quantitative estimate of drug-likeness (QED) is 0.724. The summed E-state index contributed by atoms with van der Waals surface area (Å²) in [4.78, 5) is 19.4. The van der Waals surface area contributed by atoms with Gasteiger partial charge in [0.05, 0.1) is 6.10 Å². The lowest BCUT2D eigenvalue weighted by atomic mass is 9.61. The molecule has 3 aliphatic rings. The zero-order chi connectivity index (χ0) is 16.4. The highest BCUT2D eigenvalue weighted by molar-refractivity contribution is 9.10. The summed E-state index contributed by atoms with van der Waals surface area (Å²) in [6, 6.07) is 6.11. The maximum Gasteiger partial charge on any atom is 0.262 e. The first-order valence-electron chi connectivity index (χ1n) is 8.00. The van der Waals surface area contributed by atoms with Gasteiger partial charge in [-0.1, -0.05) is 22.0 Å². The molecule has 122 valence electrons. The van der Waals surface area contributed by atoms with Crippen molar-refractivity contribution in [3.8, 4) is 0 Å². The molecule has 1 aliphatic heterocycles. The molecule has 1 atom stereocenters. The van der Waals surface area contributed by atoms with Crippen molar-refractivity contribution in [2.75, 3.05) is 7.05 Å². The molecule has 0 radical (unpaired) electrons. The predicted molar refractivity (Wildman–Crippen MR) is 90.8 cm³/mol. The molecule has 3 N–H and O–H groups in total. The Morgan fingerprint density at radius 3 is 2.70 bits per heavy atom. The van der Waals surface area contributed by atoms with Gasteiger partial charge in [0.15, 0.2) is 11.5 Å². The van der Waals surface area contributed by atoms with Gasteiger partial charge in [-0.05, 0) is 55.4 Å². The summed E-state index contributed by atoms with van der Waals surface area (Å²) in [6.45, 7) is 0. The minimum atomic E-state index is -0.926. The number of guanidine groups is 1. The molecule has 23 heavy (non-hydrogen) atoms. The van der Waals surface area contributed by atoms with E-state index in [1.807, 2.05) is 12.1 Å². The minimum absolute atomic E-state index is 0.0387. The molecule has 5 nitrogen and oxygen atoms in total. The standard InChI is InChI=1S/C17H20BrN3O2/c1-21-14(23)17(20-15(21)19)13-8-11(18)3-2-10(13)9-16(17)6-4-12(22)5-7-16/h2-3,8,12,22H,4-7,9H2,1H3,(H2,19,20). The van der Waals surface area contributed by atoms with E-state index in [9.17, 15) is 9.90 Å². The van der Waals surface area contributed by atoms with Crippen molar-refractivity contribution in [3.05, 3.63) is 33.8 Å². The van der Waals surface area contributed by atoms with Crippen LogP contribution >= 0.6 is 15.9 Å². The third-order valence-electron chi connectivity index (χ3n) is 5.91. The summed E-state index contributed by atoms with van der Waals surface area (Å²) in [6.07, 6.45) is 3.54. The molecule has 1 fully saturated rings. The Labute approximate surface area is 143 Å². The van der Waals surface area contributed by atoms with Crippen molar-refractivity contribution >= 4 is 27.8 Å². The van der Waals surface area contributed by atoms with E-state index in [1.54, 1.807) is 7.05 Å². The maximum absolute atomic E-state index is 13.2. The average Bonchev–Trinajstić information content (AvgIpc) is 2.92. The third-order valence-corrected chi connectivity index (χ3v) is 6.40. The average molecular weight is 378 g/mol. The minimum Gasteiger partial charge on any atom is -0.393 e. The van der Waals surface area contributed by atoms with Gasteiger partial charge in [-0.15, -0.1) is 0 Å². The molecule has 0 aromatic heterocycles. The van der Waals surface area contributed by atoms with Crippen LogP contribution in [0.15, 0.2) is 27.7 Å². The summed E-state index contributed by atoms with van der Waals surface area (Å²) in [5.41, 5.74) is 6.97. The molecule has 1 aromatic rings. The number of hydrogen-bond acceptors (Lipinski definition) is 4. The molecule has 1 amide bonds. The van der Waals surface area contributed by atoms with Crippen LogP contribution in [0.2, 0.25) is 0 Å². The zero-order valence-corrected chi connectivity index (χ0v) is 14.6. The molecule has 2 spiro atoms. The molecule has 1 unspecified atom stereocenters. The van der Waals surface area contributed by atoms with Crippen LogP contribution in [-0.4, -0.2) is 35.0 Å². The molecule has 1 saturated carbocycles. The maximum atomic E-state index is 13.2. The van der Waals surface area contributed by atoms with Gasteiger partial charge in [0.25, 0.3) is 5.91 Å². The van der Waals surface area contributed by atoms with Crippen molar-refractivity contribution in [2.45, 2.75) is 43.7 Å². The van der Waals surface area contributed by atoms with Crippen LogP contribution in [0.5, 0.6) is 0 Å². The largest absolute Gasteiger partial charge is 0.393 e. The van der Waals surface area contributed by atoms with E-state index in [-0.39, 0.29) is 23.4 Å². The second kappa shape index (κ2) is 4.80. The Morgan fingerprint density at radius 2 is 2.09 bits per heavy atom. The van der Waals surface area contributed by atoms with Crippen molar-refractivity contribution in [3.63, 3.8) is 0 Å². The number of carbonyl (C=O) groups excluding carboxylic acids is 1. The fraction of sp³-hybridized carbons (Fsp3) is 0.529. The van der Waals surface area contributed by atoms with Gasteiger partial charge in [-0.3, -0.25) is 9.69 Å². The van der Waals surface area contributed by atoms with E-state index >= 15 is 0 Å². The predicted octanol–water partition coefficient (Wildman–Crippen LogP) is 1.91. The molecule has 1 aromatic carbocycles. The Balaban J connectivity index is 1.95. The number of halogens is 1. The topological polar surface area (TPSA) is 78.9 Å². The number of carbonyl (C=O) groups is 1. The molecular formula is C17H20BrN3O2. The van der Waals surface area contributed by atoms with Gasteiger partial charge in [0.2, 0.25) is 0 Å². The number of nitrogens with two attached hydrogens (primary N) is 1. The number of amides is 1. The van der Waals surface area contributed by atoms with Crippen LogP contribution in [0.3, 0.4) is 0 Å². The second-order valence-electron chi connectivity index (χ2n) is 7.03. The fourth-order valence-corrected chi connectivity index (χ4v) is 5.03. The van der Waals surface area contributed by atoms with E-state index in [4.69, 9.17) is 10.7 Å². The molecule has 2 aliphatic carbocycles. The smallest absolute Gasteiger partial charge is 0.262 e. The van der Waals surface area contributed by atoms with Crippen LogP contribution in [0.25, 0.3) is 0 Å². The van der Waals surface area contributed by atoms with Gasteiger partial charge in [0.1, 0.15) is 0 Å². The van der Waals surface area contributed by atoms with Crippen molar-refractivity contribution in [2.24, 2.45) is 16.1 Å². The lowest BCUT2D eigenvalue weighted by Gasteiger charge is -2.44. The fourth-order valence-electron chi connectivity index (χ4n) is 4.67. The first kappa shape index (κ1) is 15.1. The number of rotatable bonds is 0. The van der Waals surface area contributed by atoms with E-state index in [2.05, 4.69) is 22.0 Å². The molecule has 6 heteroatoms. The molecule has 1 heterocycles. The number of aliphatic hydroxyl groups is 1. The van der Waals surface area contributed by atoms with Crippen molar-refractivity contribution in [1.29, 1.82) is 0 Å². The Bertz CT molecular complexity index is 725. The number of aliphatic imine (C=N–C) groups is 1. The van der Waals surface area contributed by atoms with Crippen LogP contribution in [0, 0.1) is 5.41 Å². The highest BCUT2D eigenvalue weighted by atomic mass is 79.9. The van der Waals surface area contributed by atoms with Crippen LogP contribution < -0.4 is 5.73 Å². The van der Waals surface area contributed by atoms with Crippen molar-refractivity contribution < 1.29 is 9.90 Å². The van der Waals surface area contributed by atoms with Crippen molar-refractivity contribution in [1.82, 2.24) is 4.90 Å². The van der Waals surface area contributed by atoms with Gasteiger partial charge in [-0.2, -0.15) is 0 Å². The van der Waals surface area contributed by atoms with Gasteiger partial charge in [-0.25, -0.2) is 4.99 Å².